The van der Waals surface area contributed by atoms with Crippen molar-refractivity contribution < 1.29 is 31.5 Å². The molecular weight excluding hydrogens is 552 g/mol. The van der Waals surface area contributed by atoms with Crippen molar-refractivity contribution in [3.8, 4) is 5.75 Å². The van der Waals surface area contributed by atoms with Gasteiger partial charge in [-0.2, -0.15) is 0 Å². The Balaban J connectivity index is 1.67. The molecule has 0 unspecified atom stereocenters. The highest BCUT2D eigenvalue weighted by Gasteiger charge is 2.33. The van der Waals surface area contributed by atoms with E-state index in [2.05, 4.69) is 5.32 Å². The third-order valence-corrected chi connectivity index (χ3v) is 8.96. The molecule has 0 spiro atoms. The SMILES string of the molecule is COc1ccc(S(=O)(=O)N(CC(=O)N(Cc2ccc(F)cc2)[C@@H](C)C(=O)NC2CCCC2)c2ccc(F)cc2)cc1. The zero-order valence-electron chi connectivity index (χ0n) is 22.9. The first kappa shape index (κ1) is 30.0. The lowest BCUT2D eigenvalue weighted by atomic mass is 10.1. The van der Waals surface area contributed by atoms with E-state index in [1.54, 1.807) is 6.92 Å². The predicted molar refractivity (Wildman–Crippen MR) is 151 cm³/mol. The molecule has 0 heterocycles. The Labute approximate surface area is 239 Å². The van der Waals surface area contributed by atoms with Gasteiger partial charge in [-0.15, -0.1) is 0 Å². The maximum Gasteiger partial charge on any atom is 0.264 e. The van der Waals surface area contributed by atoms with Gasteiger partial charge in [-0.05, 0) is 86.0 Å². The third-order valence-electron chi connectivity index (χ3n) is 7.18. The van der Waals surface area contributed by atoms with E-state index in [1.165, 1.54) is 72.7 Å². The van der Waals surface area contributed by atoms with Crippen molar-refractivity contribution in [1.82, 2.24) is 10.2 Å². The van der Waals surface area contributed by atoms with Crippen molar-refractivity contribution >= 4 is 27.5 Å². The Kier molecular flexibility index (Phi) is 9.59. The summed E-state index contributed by atoms with van der Waals surface area (Å²) in [7, 11) is -2.85. The third kappa shape index (κ3) is 7.40. The summed E-state index contributed by atoms with van der Waals surface area (Å²) in [6.45, 7) is 0.854. The summed E-state index contributed by atoms with van der Waals surface area (Å²) < 4.78 is 60.9. The van der Waals surface area contributed by atoms with Crippen LogP contribution in [0.1, 0.15) is 38.2 Å². The highest BCUT2D eigenvalue weighted by Crippen LogP contribution is 2.26. The normalized spacial score (nSPS) is 14.3. The summed E-state index contributed by atoms with van der Waals surface area (Å²) >= 11 is 0. The lowest BCUT2D eigenvalue weighted by molar-refractivity contribution is -0.139. The van der Waals surface area contributed by atoms with Crippen LogP contribution in [0.3, 0.4) is 0 Å². The van der Waals surface area contributed by atoms with Gasteiger partial charge in [0.05, 0.1) is 17.7 Å². The first-order valence-electron chi connectivity index (χ1n) is 13.3. The maximum absolute atomic E-state index is 13.9. The largest absolute Gasteiger partial charge is 0.497 e. The molecule has 41 heavy (non-hydrogen) atoms. The number of sulfonamides is 1. The average molecular weight is 586 g/mol. The molecule has 0 aromatic heterocycles. The number of benzene rings is 3. The van der Waals surface area contributed by atoms with Crippen molar-refractivity contribution in [1.29, 1.82) is 0 Å². The molecule has 3 aromatic carbocycles. The highest BCUT2D eigenvalue weighted by atomic mass is 32.2. The van der Waals surface area contributed by atoms with Crippen LogP contribution >= 0.6 is 0 Å². The van der Waals surface area contributed by atoms with Crippen molar-refractivity contribution in [2.24, 2.45) is 0 Å². The van der Waals surface area contributed by atoms with Gasteiger partial charge < -0.3 is 15.0 Å². The summed E-state index contributed by atoms with van der Waals surface area (Å²) in [5.41, 5.74) is 0.631. The smallest absolute Gasteiger partial charge is 0.264 e. The molecule has 0 aliphatic heterocycles. The van der Waals surface area contributed by atoms with E-state index in [1.807, 2.05) is 0 Å². The molecule has 1 N–H and O–H groups in total. The van der Waals surface area contributed by atoms with Crippen molar-refractivity contribution in [3.63, 3.8) is 0 Å². The fraction of sp³-hybridized carbons (Fsp3) is 0.333. The average Bonchev–Trinajstić information content (AvgIpc) is 3.48. The number of nitrogens with zero attached hydrogens (tertiary/aromatic N) is 2. The van der Waals surface area contributed by atoms with Gasteiger partial charge in [-0.3, -0.25) is 13.9 Å². The fourth-order valence-corrected chi connectivity index (χ4v) is 6.19. The number of hydrogen-bond donors (Lipinski definition) is 1. The van der Waals surface area contributed by atoms with Gasteiger partial charge in [-0.1, -0.05) is 25.0 Å². The fourth-order valence-electron chi connectivity index (χ4n) is 4.77. The van der Waals surface area contributed by atoms with Gasteiger partial charge in [0.25, 0.3) is 10.0 Å². The van der Waals surface area contributed by atoms with Crippen LogP contribution in [0.15, 0.2) is 77.7 Å². The van der Waals surface area contributed by atoms with E-state index in [0.29, 0.717) is 11.3 Å². The zero-order valence-corrected chi connectivity index (χ0v) is 23.7. The number of methoxy groups -OCH3 is 1. The monoisotopic (exact) mass is 585 g/mol. The topological polar surface area (TPSA) is 96.0 Å². The van der Waals surface area contributed by atoms with E-state index >= 15 is 0 Å². The minimum atomic E-state index is -4.31. The van der Waals surface area contributed by atoms with E-state index < -0.39 is 40.2 Å². The molecular formula is C30H33F2N3O5S. The Bertz CT molecular complexity index is 1440. The molecule has 2 amide bonds. The standard InChI is InChI=1S/C30H33F2N3O5S/c1-21(30(37)33-25-5-3-4-6-25)34(19-22-7-9-23(31)10-8-22)29(36)20-35(26-13-11-24(32)12-14-26)41(38,39)28-17-15-27(40-2)16-18-28/h7-18,21,25H,3-6,19-20H2,1-2H3,(H,33,37)/t21-/m0/s1. The van der Waals surface area contributed by atoms with E-state index in [-0.39, 0.29) is 29.1 Å². The van der Waals surface area contributed by atoms with Crippen LogP contribution < -0.4 is 14.4 Å². The van der Waals surface area contributed by atoms with Crippen LogP contribution in [0.4, 0.5) is 14.5 Å². The number of rotatable bonds is 11. The number of anilines is 1. The molecule has 0 bridgehead atoms. The Hall–Kier alpha value is -3.99. The van der Waals surface area contributed by atoms with E-state index in [9.17, 15) is 26.8 Å². The number of carbonyl (C=O) groups excluding carboxylic acids is 2. The summed E-state index contributed by atoms with van der Waals surface area (Å²) in [6, 6.07) is 15.0. The molecule has 0 radical (unpaired) electrons. The van der Waals surface area contributed by atoms with Crippen molar-refractivity contribution in [2.45, 2.75) is 56.1 Å². The quantitative estimate of drug-likeness (QED) is 0.354. The van der Waals surface area contributed by atoms with Gasteiger partial charge in [0.1, 0.15) is 30.0 Å². The highest BCUT2D eigenvalue weighted by molar-refractivity contribution is 7.92. The maximum atomic E-state index is 13.9. The number of nitrogens with one attached hydrogen (secondary N) is 1. The number of amides is 2. The molecule has 1 aliphatic rings. The molecule has 11 heteroatoms. The van der Waals surface area contributed by atoms with Crippen LogP contribution in [-0.2, 0) is 26.2 Å². The molecule has 1 saturated carbocycles. The van der Waals surface area contributed by atoms with Crippen LogP contribution in [0.25, 0.3) is 0 Å². The lowest BCUT2D eigenvalue weighted by Crippen LogP contribution is -2.52. The number of halogens is 2. The van der Waals surface area contributed by atoms with Crippen LogP contribution in [-0.4, -0.2) is 50.9 Å². The molecule has 8 nitrogen and oxygen atoms in total. The lowest BCUT2D eigenvalue weighted by Gasteiger charge is -2.32. The second-order valence-electron chi connectivity index (χ2n) is 9.98. The summed E-state index contributed by atoms with van der Waals surface area (Å²) in [6.07, 6.45) is 3.71. The second kappa shape index (κ2) is 13.1. The van der Waals surface area contributed by atoms with Crippen LogP contribution in [0.2, 0.25) is 0 Å². The molecule has 1 atom stereocenters. The van der Waals surface area contributed by atoms with Gasteiger partial charge in [-0.25, -0.2) is 17.2 Å². The second-order valence-corrected chi connectivity index (χ2v) is 11.8. The number of carbonyl (C=O) groups is 2. The molecule has 1 aliphatic carbocycles. The Morgan fingerprint density at radius 1 is 0.927 bits per heavy atom. The van der Waals surface area contributed by atoms with Crippen molar-refractivity contribution in [2.75, 3.05) is 18.0 Å². The van der Waals surface area contributed by atoms with E-state index in [0.717, 1.165) is 42.1 Å². The van der Waals surface area contributed by atoms with Gasteiger partial charge in [0, 0.05) is 12.6 Å². The number of hydrogen-bond acceptors (Lipinski definition) is 5. The Morgan fingerprint density at radius 3 is 2.05 bits per heavy atom. The molecule has 3 aromatic rings. The van der Waals surface area contributed by atoms with Gasteiger partial charge >= 0.3 is 0 Å². The predicted octanol–water partition coefficient (Wildman–Crippen LogP) is 4.64. The van der Waals surface area contributed by atoms with Gasteiger partial charge in [0.15, 0.2) is 0 Å². The van der Waals surface area contributed by atoms with Gasteiger partial charge in [0.2, 0.25) is 11.8 Å². The molecule has 1 fully saturated rings. The first-order chi connectivity index (χ1) is 19.6. The van der Waals surface area contributed by atoms with Crippen molar-refractivity contribution in [3.05, 3.63) is 90.0 Å². The summed E-state index contributed by atoms with van der Waals surface area (Å²) in [5, 5.41) is 2.99. The minimum Gasteiger partial charge on any atom is -0.497 e. The zero-order chi connectivity index (χ0) is 29.6. The molecule has 0 saturated heterocycles. The Morgan fingerprint density at radius 2 is 1.49 bits per heavy atom. The summed E-state index contributed by atoms with van der Waals surface area (Å²) in [4.78, 5) is 28.3. The number of ether oxygens (including phenoxy) is 1. The minimum absolute atomic E-state index is 0.0129. The van der Waals surface area contributed by atoms with Crippen LogP contribution in [0, 0.1) is 11.6 Å². The molecule has 4 rings (SSSR count). The van der Waals surface area contributed by atoms with Crippen LogP contribution in [0.5, 0.6) is 5.75 Å². The first-order valence-corrected chi connectivity index (χ1v) is 14.8. The van der Waals surface area contributed by atoms with E-state index in [4.69, 9.17) is 4.74 Å². The molecule has 218 valence electrons. The summed E-state index contributed by atoms with van der Waals surface area (Å²) in [5.74, 6) is -1.60.